The fourth-order valence-electron chi connectivity index (χ4n) is 4.43. The molecular formula is C24H22N6O2S. The van der Waals surface area contributed by atoms with E-state index in [2.05, 4.69) is 33.3 Å². The molecular weight excluding hydrogens is 436 g/mol. The number of rotatable bonds is 4. The van der Waals surface area contributed by atoms with E-state index >= 15 is 0 Å². The Balaban J connectivity index is 1.48. The molecule has 166 valence electrons. The first-order chi connectivity index (χ1) is 16.0. The molecule has 1 aliphatic rings. The summed E-state index contributed by atoms with van der Waals surface area (Å²) < 4.78 is 1.11. The van der Waals surface area contributed by atoms with Crippen LogP contribution in [0.1, 0.15) is 31.4 Å². The zero-order valence-electron chi connectivity index (χ0n) is 18.0. The SMILES string of the molecule is C[C@H]1CC[C@H](c2ccc3scnc3c2)N(C(=C=O)C(=O)Nc2cnc(N)c3cccnc23)C1. The number of carbonyl (C=O) groups is 1. The smallest absolute Gasteiger partial charge is 0.283 e. The number of amides is 1. The lowest BCUT2D eigenvalue weighted by Gasteiger charge is -2.40. The Morgan fingerprint density at radius 2 is 2.12 bits per heavy atom. The fourth-order valence-corrected chi connectivity index (χ4v) is 5.09. The number of fused-ring (bicyclic) bond motifs is 2. The number of nitrogens with two attached hydrogens (primary N) is 1. The first-order valence-corrected chi connectivity index (χ1v) is 11.6. The molecule has 0 aliphatic carbocycles. The number of nitrogens with zero attached hydrogens (tertiary/aromatic N) is 4. The minimum absolute atomic E-state index is 0.0363. The Bertz CT molecular complexity index is 1410. The van der Waals surface area contributed by atoms with Gasteiger partial charge in [-0.05, 0) is 48.6 Å². The molecule has 8 nitrogen and oxygen atoms in total. The number of nitrogen functional groups attached to an aromatic ring is 1. The van der Waals surface area contributed by atoms with Crippen LogP contribution in [-0.2, 0) is 9.59 Å². The Hall–Kier alpha value is -3.81. The van der Waals surface area contributed by atoms with Crippen LogP contribution in [0.15, 0.2) is 53.9 Å². The largest absolute Gasteiger partial charge is 0.383 e. The maximum absolute atomic E-state index is 13.3. The van der Waals surface area contributed by atoms with Gasteiger partial charge >= 0.3 is 0 Å². The molecule has 1 amide bonds. The number of carbonyl (C=O) groups excluding carboxylic acids is 2. The van der Waals surface area contributed by atoms with Gasteiger partial charge in [0.05, 0.1) is 39.2 Å². The molecule has 5 rings (SSSR count). The van der Waals surface area contributed by atoms with Crippen molar-refractivity contribution in [3.63, 3.8) is 0 Å². The van der Waals surface area contributed by atoms with Gasteiger partial charge in [-0.15, -0.1) is 11.3 Å². The average molecular weight is 459 g/mol. The number of nitrogens with one attached hydrogen (secondary N) is 1. The molecule has 0 unspecified atom stereocenters. The minimum atomic E-state index is -0.544. The second-order valence-electron chi connectivity index (χ2n) is 8.29. The zero-order chi connectivity index (χ0) is 22.9. The van der Waals surface area contributed by atoms with E-state index in [0.717, 1.165) is 28.6 Å². The van der Waals surface area contributed by atoms with Crippen LogP contribution in [0, 0.1) is 5.92 Å². The lowest BCUT2D eigenvalue weighted by molar-refractivity contribution is -0.114. The molecule has 1 saturated heterocycles. The van der Waals surface area contributed by atoms with Gasteiger partial charge in [0.15, 0.2) is 11.6 Å². The number of likely N-dealkylation sites (tertiary alicyclic amines) is 1. The van der Waals surface area contributed by atoms with Crippen molar-refractivity contribution in [3.8, 4) is 0 Å². The van der Waals surface area contributed by atoms with Crippen LogP contribution in [0.4, 0.5) is 11.5 Å². The first-order valence-electron chi connectivity index (χ1n) is 10.7. The third kappa shape index (κ3) is 3.92. The van der Waals surface area contributed by atoms with Crippen molar-refractivity contribution in [2.24, 2.45) is 5.92 Å². The quantitative estimate of drug-likeness (QED) is 0.351. The zero-order valence-corrected chi connectivity index (χ0v) is 18.8. The molecule has 0 bridgehead atoms. The van der Waals surface area contributed by atoms with E-state index in [1.54, 1.807) is 29.7 Å². The Labute approximate surface area is 194 Å². The maximum atomic E-state index is 13.3. The van der Waals surface area contributed by atoms with Crippen LogP contribution < -0.4 is 11.1 Å². The van der Waals surface area contributed by atoms with Crippen LogP contribution >= 0.6 is 11.3 Å². The van der Waals surface area contributed by atoms with Gasteiger partial charge in [-0.2, -0.15) is 0 Å². The van der Waals surface area contributed by atoms with Crippen LogP contribution in [0.2, 0.25) is 0 Å². The monoisotopic (exact) mass is 458 g/mol. The highest BCUT2D eigenvalue weighted by atomic mass is 32.1. The summed E-state index contributed by atoms with van der Waals surface area (Å²) in [7, 11) is 0. The molecule has 33 heavy (non-hydrogen) atoms. The number of thiazole rings is 1. The maximum Gasteiger partial charge on any atom is 0.283 e. The molecule has 2 atom stereocenters. The molecule has 4 heterocycles. The molecule has 9 heteroatoms. The van der Waals surface area contributed by atoms with E-state index in [1.165, 1.54) is 6.20 Å². The second-order valence-corrected chi connectivity index (χ2v) is 9.18. The summed E-state index contributed by atoms with van der Waals surface area (Å²) >= 11 is 1.59. The highest BCUT2D eigenvalue weighted by Gasteiger charge is 2.33. The van der Waals surface area contributed by atoms with Crippen molar-refractivity contribution >= 4 is 55.8 Å². The van der Waals surface area contributed by atoms with Crippen LogP contribution in [0.25, 0.3) is 21.1 Å². The van der Waals surface area contributed by atoms with Crippen molar-refractivity contribution in [1.29, 1.82) is 0 Å². The van der Waals surface area contributed by atoms with E-state index < -0.39 is 5.91 Å². The summed E-state index contributed by atoms with van der Waals surface area (Å²) in [6.45, 7) is 2.70. The first kappa shape index (κ1) is 21.1. The number of aromatic nitrogens is 3. The van der Waals surface area contributed by atoms with Gasteiger partial charge in [0.2, 0.25) is 0 Å². The number of hydrogen-bond donors (Lipinski definition) is 2. The van der Waals surface area contributed by atoms with Gasteiger partial charge in [-0.1, -0.05) is 13.0 Å². The predicted molar refractivity (Wildman–Crippen MR) is 129 cm³/mol. The standard InChI is InChI=1S/C24H22N6O2S/c1-14-4-6-19(15-5-7-21-17(9-15)28-13-33-21)30(11-14)20(12-31)24(32)29-18-10-27-23(25)16-3-2-8-26-22(16)18/h2-3,5,7-10,13-14,19H,4,6,11H2,1H3,(H2,25,27)(H,29,32)/t14-,19+/m0/s1. The molecule has 4 aromatic rings. The van der Waals surface area contributed by atoms with E-state index in [1.807, 2.05) is 28.5 Å². The fraction of sp³-hybridized carbons (Fsp3) is 0.250. The Kier molecular flexibility index (Phi) is 5.50. The third-order valence-corrected chi connectivity index (χ3v) is 6.89. The topological polar surface area (TPSA) is 114 Å². The van der Waals surface area contributed by atoms with Crippen LogP contribution in [0.5, 0.6) is 0 Å². The summed E-state index contributed by atoms with van der Waals surface area (Å²) in [6, 6.07) is 9.56. The van der Waals surface area contributed by atoms with E-state index in [4.69, 9.17) is 5.73 Å². The molecule has 3 N–H and O–H groups in total. The van der Waals surface area contributed by atoms with Crippen molar-refractivity contribution < 1.29 is 9.59 Å². The number of benzene rings is 1. The van der Waals surface area contributed by atoms with Crippen molar-refractivity contribution in [2.45, 2.75) is 25.8 Å². The van der Waals surface area contributed by atoms with Crippen molar-refractivity contribution in [1.82, 2.24) is 19.9 Å². The summed E-state index contributed by atoms with van der Waals surface area (Å²) in [4.78, 5) is 40.1. The molecule has 3 aromatic heterocycles. The molecule has 0 radical (unpaired) electrons. The summed E-state index contributed by atoms with van der Waals surface area (Å²) in [5.74, 6) is 2.02. The normalized spacial score (nSPS) is 18.3. The van der Waals surface area contributed by atoms with Gasteiger partial charge in [-0.3, -0.25) is 9.78 Å². The number of hydrogen-bond acceptors (Lipinski definition) is 8. The highest BCUT2D eigenvalue weighted by Crippen LogP contribution is 2.37. The lowest BCUT2D eigenvalue weighted by Crippen LogP contribution is -2.40. The molecule has 1 aliphatic heterocycles. The lowest BCUT2D eigenvalue weighted by atomic mass is 9.89. The average Bonchev–Trinajstić information content (AvgIpc) is 3.30. The van der Waals surface area contributed by atoms with Gasteiger partial charge in [0.25, 0.3) is 5.91 Å². The van der Waals surface area contributed by atoms with Crippen LogP contribution in [0.3, 0.4) is 0 Å². The minimum Gasteiger partial charge on any atom is -0.383 e. The van der Waals surface area contributed by atoms with Gasteiger partial charge in [0, 0.05) is 18.1 Å². The number of piperidine rings is 1. The van der Waals surface area contributed by atoms with Gasteiger partial charge in [0.1, 0.15) is 5.82 Å². The van der Waals surface area contributed by atoms with Crippen molar-refractivity contribution in [2.75, 3.05) is 17.6 Å². The third-order valence-electron chi connectivity index (χ3n) is 6.08. The van der Waals surface area contributed by atoms with Gasteiger partial charge in [-0.25, -0.2) is 14.8 Å². The second kappa shape index (κ2) is 8.61. The van der Waals surface area contributed by atoms with E-state index in [9.17, 15) is 9.59 Å². The van der Waals surface area contributed by atoms with Crippen LogP contribution in [-0.4, -0.2) is 38.2 Å². The van der Waals surface area contributed by atoms with Crippen molar-refractivity contribution in [3.05, 3.63) is 59.5 Å². The molecule has 0 spiro atoms. The number of anilines is 2. The summed E-state index contributed by atoms with van der Waals surface area (Å²) in [6.07, 6.45) is 4.89. The highest BCUT2D eigenvalue weighted by molar-refractivity contribution is 7.16. The predicted octanol–water partition coefficient (Wildman–Crippen LogP) is 3.95. The number of pyridine rings is 2. The van der Waals surface area contributed by atoms with E-state index in [0.29, 0.717) is 34.9 Å². The summed E-state index contributed by atoms with van der Waals surface area (Å²) in [5.41, 5.74) is 10.6. The molecule has 1 fully saturated rings. The Morgan fingerprint density at radius 1 is 1.24 bits per heavy atom. The molecule has 1 aromatic carbocycles. The summed E-state index contributed by atoms with van der Waals surface area (Å²) in [5, 5.41) is 3.43. The van der Waals surface area contributed by atoms with E-state index in [-0.39, 0.29) is 11.7 Å². The Morgan fingerprint density at radius 3 is 2.97 bits per heavy atom. The van der Waals surface area contributed by atoms with Gasteiger partial charge < -0.3 is 16.0 Å². The molecule has 0 saturated carbocycles.